The minimum Gasteiger partial charge on any atom is -0.477 e. The van der Waals surface area contributed by atoms with Gasteiger partial charge in [-0.25, -0.2) is 14.3 Å². The van der Waals surface area contributed by atoms with Crippen LogP contribution in [0.3, 0.4) is 0 Å². The summed E-state index contributed by atoms with van der Waals surface area (Å²) in [5.74, 6) is -2.08. The SMILES string of the molecule is CON=C(C(=O)NC1C(=O)N2C(C(=O)O)=C(C[N+]3(C#N)CCCC3)CSC12)c1csc(N)n1. The minimum atomic E-state index is -1.22. The van der Waals surface area contributed by atoms with E-state index in [1.54, 1.807) is 5.38 Å². The maximum absolute atomic E-state index is 12.9. The number of carbonyl (C=O) groups is 3. The van der Waals surface area contributed by atoms with Crippen LogP contribution in [-0.2, 0) is 19.2 Å². The zero-order valence-electron chi connectivity index (χ0n) is 17.7. The summed E-state index contributed by atoms with van der Waals surface area (Å²) in [4.78, 5) is 47.8. The van der Waals surface area contributed by atoms with Gasteiger partial charge in [-0.15, -0.1) is 28.4 Å². The first-order chi connectivity index (χ1) is 15.8. The van der Waals surface area contributed by atoms with Crippen LogP contribution in [0.15, 0.2) is 21.8 Å². The van der Waals surface area contributed by atoms with Gasteiger partial charge in [0.1, 0.15) is 36.5 Å². The molecule has 12 nitrogen and oxygen atoms in total. The minimum absolute atomic E-state index is 0.0908. The van der Waals surface area contributed by atoms with Crippen LogP contribution < -0.4 is 11.1 Å². The maximum atomic E-state index is 12.9. The van der Waals surface area contributed by atoms with E-state index in [0.717, 1.165) is 24.2 Å². The van der Waals surface area contributed by atoms with Gasteiger partial charge in [-0.2, -0.15) is 0 Å². The molecule has 4 rings (SSSR count). The summed E-state index contributed by atoms with van der Waals surface area (Å²) in [5.41, 5.74) is 6.17. The molecule has 14 heteroatoms. The zero-order chi connectivity index (χ0) is 23.8. The number of β-lactam (4-membered cyclic amide) rings is 1. The van der Waals surface area contributed by atoms with Gasteiger partial charge in [0.05, 0.1) is 13.1 Å². The molecule has 0 spiro atoms. The van der Waals surface area contributed by atoms with Crippen LogP contribution in [-0.4, -0.2) is 86.9 Å². The molecule has 2 saturated heterocycles. The summed E-state index contributed by atoms with van der Waals surface area (Å²) in [6, 6.07) is -0.928. The van der Waals surface area contributed by atoms with Gasteiger partial charge in [0.2, 0.25) is 0 Å². The number of thiazole rings is 1. The average molecular weight is 493 g/mol. The second kappa shape index (κ2) is 9.00. The highest BCUT2D eigenvalue weighted by Crippen LogP contribution is 2.41. The van der Waals surface area contributed by atoms with Crippen molar-refractivity contribution in [1.82, 2.24) is 15.2 Å². The van der Waals surface area contributed by atoms with E-state index in [1.807, 2.05) is 0 Å². The van der Waals surface area contributed by atoms with Crippen molar-refractivity contribution in [3.63, 3.8) is 0 Å². The smallest absolute Gasteiger partial charge is 0.352 e. The fraction of sp³-hybridized carbons (Fsp3) is 0.474. The van der Waals surface area contributed by atoms with E-state index in [2.05, 4.69) is 21.6 Å². The number of nitrogens with zero attached hydrogens (tertiary/aromatic N) is 5. The molecule has 2 amide bonds. The summed E-state index contributed by atoms with van der Waals surface area (Å²) in [7, 11) is 1.28. The number of hydrogen-bond donors (Lipinski definition) is 3. The number of fused-ring (bicyclic) bond motifs is 1. The first-order valence-electron chi connectivity index (χ1n) is 10.1. The highest BCUT2D eigenvalue weighted by molar-refractivity contribution is 8.00. The largest absolute Gasteiger partial charge is 0.477 e. The molecule has 4 heterocycles. The standard InChI is InChI=1S/C19H21N7O5S2/c1-31-24-12(11-8-33-19(21)22-11)15(27)23-13-16(28)25-14(18(29)30)10(7-32-17(13)25)6-26(9-20)4-2-3-5-26/h8,13,17H,2-7H2,1H3,(H3-,21,22,23,27,29,30)/p+1. The molecule has 0 saturated carbocycles. The van der Waals surface area contributed by atoms with Crippen molar-refractivity contribution >= 4 is 51.7 Å². The second-order valence-corrected chi connectivity index (χ2v) is 9.86. The molecule has 2 fully saturated rings. The number of nitriles is 1. The molecule has 0 aromatic carbocycles. The number of aromatic nitrogens is 1. The Kier molecular flexibility index (Phi) is 6.28. The van der Waals surface area contributed by atoms with Crippen LogP contribution in [0.2, 0.25) is 0 Å². The second-order valence-electron chi connectivity index (χ2n) is 7.87. The van der Waals surface area contributed by atoms with E-state index < -0.39 is 29.2 Å². The Morgan fingerprint density at radius 3 is 2.79 bits per heavy atom. The normalized spacial score (nSPS) is 24.1. The van der Waals surface area contributed by atoms with Crippen molar-refractivity contribution in [1.29, 1.82) is 5.26 Å². The first kappa shape index (κ1) is 23.0. The van der Waals surface area contributed by atoms with Gasteiger partial charge in [-0.3, -0.25) is 14.5 Å². The fourth-order valence-corrected chi connectivity index (χ4v) is 6.19. The summed E-state index contributed by atoms with van der Waals surface area (Å²) >= 11 is 2.49. The lowest BCUT2D eigenvalue weighted by molar-refractivity contribution is -0.848. The van der Waals surface area contributed by atoms with Gasteiger partial charge >= 0.3 is 12.2 Å². The number of carboxylic acids is 1. The monoisotopic (exact) mass is 492 g/mol. The predicted molar refractivity (Wildman–Crippen MR) is 119 cm³/mol. The number of nitrogens with two attached hydrogens (primary N) is 1. The van der Waals surface area contributed by atoms with Gasteiger partial charge in [0.15, 0.2) is 10.8 Å². The number of rotatable bonds is 7. The Bertz CT molecular complexity index is 1100. The van der Waals surface area contributed by atoms with Crippen LogP contribution >= 0.6 is 23.1 Å². The molecular weight excluding hydrogens is 470 g/mol. The highest BCUT2D eigenvalue weighted by atomic mass is 32.2. The first-order valence-corrected chi connectivity index (χ1v) is 12.0. The molecule has 33 heavy (non-hydrogen) atoms. The molecule has 2 unspecified atom stereocenters. The predicted octanol–water partition coefficient (Wildman–Crippen LogP) is -0.0939. The van der Waals surface area contributed by atoms with E-state index in [4.69, 9.17) is 10.6 Å². The van der Waals surface area contributed by atoms with E-state index in [0.29, 0.717) is 24.4 Å². The molecule has 1 aromatic rings. The number of aliphatic carboxylic acids is 1. The fourth-order valence-electron chi connectivity index (χ4n) is 4.31. The Labute approximate surface area is 197 Å². The number of oxime groups is 1. The van der Waals surface area contributed by atoms with E-state index in [1.165, 1.54) is 23.8 Å². The van der Waals surface area contributed by atoms with Crippen LogP contribution in [0.4, 0.5) is 5.13 Å². The molecule has 174 valence electrons. The number of amides is 2. The third-order valence-corrected chi connectivity index (χ3v) is 7.84. The number of thioether (sulfide) groups is 1. The Hall–Kier alpha value is -3.15. The van der Waals surface area contributed by atoms with Crippen LogP contribution in [0, 0.1) is 11.5 Å². The van der Waals surface area contributed by atoms with Crippen molar-refractivity contribution in [2.45, 2.75) is 24.3 Å². The van der Waals surface area contributed by atoms with Gasteiger partial charge < -0.3 is 21.0 Å². The molecule has 0 radical (unpaired) electrons. The number of carbonyl (C=O) groups excluding carboxylic acids is 2. The maximum Gasteiger partial charge on any atom is 0.352 e. The van der Waals surface area contributed by atoms with Crippen LogP contribution in [0.1, 0.15) is 18.5 Å². The van der Waals surface area contributed by atoms with E-state index in [9.17, 15) is 24.8 Å². The van der Waals surface area contributed by atoms with Gasteiger partial charge in [-0.05, 0) is 0 Å². The number of nitrogens with one attached hydrogen (secondary N) is 1. The van der Waals surface area contributed by atoms with Crippen molar-refractivity contribution in [2.75, 3.05) is 38.2 Å². The Balaban J connectivity index is 1.53. The number of hydrogen-bond acceptors (Lipinski definition) is 10. The molecule has 2 atom stereocenters. The van der Waals surface area contributed by atoms with E-state index >= 15 is 0 Å². The number of quaternary nitrogens is 1. The number of likely N-dealkylation sites (tertiary alicyclic amines) is 1. The molecular formula is C19H22N7O5S2+. The van der Waals surface area contributed by atoms with Gasteiger partial charge in [0.25, 0.3) is 11.8 Å². The molecule has 0 bridgehead atoms. The molecule has 3 aliphatic rings. The van der Waals surface area contributed by atoms with Gasteiger partial charge in [-0.1, -0.05) is 5.16 Å². The van der Waals surface area contributed by atoms with Gasteiger partial charge in [0, 0.05) is 29.5 Å². The van der Waals surface area contributed by atoms with E-state index in [-0.39, 0.29) is 33.3 Å². The lowest BCUT2D eigenvalue weighted by Crippen LogP contribution is -2.71. The van der Waals surface area contributed by atoms with Crippen molar-refractivity contribution < 1.29 is 28.8 Å². The topological polar surface area (TPSA) is 171 Å². The third kappa shape index (κ3) is 4.14. The summed E-state index contributed by atoms with van der Waals surface area (Å²) < 4.78 is 0.160. The number of anilines is 1. The quantitative estimate of drug-likeness (QED) is 0.155. The third-order valence-electron chi connectivity index (χ3n) is 5.83. The van der Waals surface area contributed by atoms with Crippen LogP contribution in [0.25, 0.3) is 0 Å². The average Bonchev–Trinajstić information content (AvgIpc) is 3.44. The highest BCUT2D eigenvalue weighted by Gasteiger charge is 2.55. The summed E-state index contributed by atoms with van der Waals surface area (Å²) in [6.45, 7) is 1.60. The Morgan fingerprint density at radius 1 is 1.48 bits per heavy atom. The molecule has 3 aliphatic heterocycles. The molecule has 0 aliphatic carbocycles. The zero-order valence-corrected chi connectivity index (χ0v) is 19.3. The molecule has 1 aromatic heterocycles. The number of nitrogen functional groups attached to an aromatic ring is 1. The lowest BCUT2D eigenvalue weighted by atomic mass is 10.0. The summed E-state index contributed by atoms with van der Waals surface area (Å²) in [5, 5.41) is 27.1. The van der Waals surface area contributed by atoms with Crippen molar-refractivity contribution in [3.05, 3.63) is 22.3 Å². The van der Waals surface area contributed by atoms with Crippen LogP contribution in [0.5, 0.6) is 0 Å². The molecule has 4 N–H and O–H groups in total. The van der Waals surface area contributed by atoms with Crippen molar-refractivity contribution in [2.24, 2.45) is 5.16 Å². The Morgan fingerprint density at radius 2 is 2.21 bits per heavy atom. The van der Waals surface area contributed by atoms with Crippen molar-refractivity contribution in [3.8, 4) is 6.19 Å². The summed E-state index contributed by atoms with van der Waals surface area (Å²) in [6.07, 6.45) is 4.13. The number of carboxylic acid groups (broad SMARTS) is 1. The lowest BCUT2D eigenvalue weighted by Gasteiger charge is -2.49.